The Bertz CT molecular complexity index is 1700. The maximum Gasteiger partial charge on any atom is 0.278 e. The van der Waals surface area contributed by atoms with Gasteiger partial charge in [-0.15, -0.1) is 0 Å². The SMILES string of the molecule is CC(C)c1c(NC(=O)c2ccc(O)c(O)c2)cc2c(c1[N+](=O)[O-])CC[C@H]1[C@](C)(CNC(=O)c3ccc(O)c(O)c3)CCC[C@]21C. The van der Waals surface area contributed by atoms with Crippen LogP contribution in [0.1, 0.15) is 96.7 Å². The van der Waals surface area contributed by atoms with Crippen molar-refractivity contribution in [3.8, 4) is 23.0 Å². The number of nitro groups is 1. The number of nitrogens with one attached hydrogen (secondary N) is 2. The molecule has 0 bridgehead atoms. The largest absolute Gasteiger partial charge is 0.504 e. The van der Waals surface area contributed by atoms with Crippen LogP contribution in [0.5, 0.6) is 23.0 Å². The van der Waals surface area contributed by atoms with Crippen molar-refractivity contribution in [2.75, 3.05) is 11.9 Å². The van der Waals surface area contributed by atoms with Crippen molar-refractivity contribution in [2.45, 2.75) is 71.1 Å². The van der Waals surface area contributed by atoms with Gasteiger partial charge in [-0.2, -0.15) is 0 Å². The van der Waals surface area contributed by atoms with Gasteiger partial charge in [0.25, 0.3) is 17.5 Å². The van der Waals surface area contributed by atoms with E-state index in [1.54, 1.807) is 0 Å². The van der Waals surface area contributed by atoms with Crippen LogP contribution in [0.15, 0.2) is 42.5 Å². The van der Waals surface area contributed by atoms with Crippen LogP contribution in [0.2, 0.25) is 0 Å². The number of nitrogens with zero attached hydrogens (tertiary/aromatic N) is 1. The molecule has 1 saturated carbocycles. The van der Waals surface area contributed by atoms with Gasteiger partial charge in [-0.3, -0.25) is 19.7 Å². The number of hydrogen-bond acceptors (Lipinski definition) is 8. The Morgan fingerprint density at radius 1 is 0.933 bits per heavy atom. The number of phenolic OH excluding ortho intramolecular Hbond substituents is 4. The van der Waals surface area contributed by atoms with E-state index in [0.29, 0.717) is 36.2 Å². The summed E-state index contributed by atoms with van der Waals surface area (Å²) in [4.78, 5) is 38.7. The first kappa shape index (κ1) is 31.6. The van der Waals surface area contributed by atoms with E-state index < -0.39 is 17.1 Å². The number of amides is 2. The molecule has 1 fully saturated rings. The average molecular weight is 618 g/mol. The van der Waals surface area contributed by atoms with Gasteiger partial charge in [-0.25, -0.2) is 0 Å². The summed E-state index contributed by atoms with van der Waals surface area (Å²) in [7, 11) is 0. The van der Waals surface area contributed by atoms with E-state index in [1.165, 1.54) is 30.3 Å². The fourth-order valence-corrected chi connectivity index (χ4v) is 7.76. The first-order valence-electron chi connectivity index (χ1n) is 15.1. The van der Waals surface area contributed by atoms with Gasteiger partial charge in [-0.1, -0.05) is 34.1 Å². The number of fused-ring (bicyclic) bond motifs is 3. The van der Waals surface area contributed by atoms with Crippen molar-refractivity contribution in [3.05, 3.63) is 80.4 Å². The minimum atomic E-state index is -0.574. The van der Waals surface area contributed by atoms with Gasteiger partial charge >= 0.3 is 0 Å². The standard InChI is InChI=1S/C34H39N3O8/c1-18(2)29-23(36-32(43)20-7-10-25(39)27(41)15-20)16-22-21(30(29)37(44)45)8-11-28-33(3,12-5-13-34(22,28)4)17-35-31(42)19-6-9-24(38)26(40)14-19/h6-7,9-10,14-16,18,28,38-41H,5,8,11-13,17H2,1-4H3,(H,35,42)(H,36,43)/t28-,33-,34+/m0/s1. The lowest BCUT2D eigenvalue weighted by molar-refractivity contribution is -0.386. The van der Waals surface area contributed by atoms with Crippen LogP contribution in [-0.4, -0.2) is 43.7 Å². The quantitative estimate of drug-likeness (QED) is 0.102. The van der Waals surface area contributed by atoms with Gasteiger partial charge < -0.3 is 31.1 Å². The first-order valence-corrected chi connectivity index (χ1v) is 15.1. The summed E-state index contributed by atoms with van der Waals surface area (Å²) in [6, 6.07) is 9.52. The van der Waals surface area contributed by atoms with Gasteiger partial charge in [0, 0.05) is 23.2 Å². The molecule has 2 aliphatic carbocycles. The normalized spacial score (nSPS) is 22.3. The molecule has 0 saturated heterocycles. The molecular formula is C34H39N3O8. The fourth-order valence-electron chi connectivity index (χ4n) is 7.76. The summed E-state index contributed by atoms with van der Waals surface area (Å²) in [5.41, 5.74) is 1.75. The second-order valence-corrected chi connectivity index (χ2v) is 13.2. The Kier molecular flexibility index (Phi) is 8.16. The number of carbonyl (C=O) groups is 2. The highest BCUT2D eigenvalue weighted by molar-refractivity contribution is 6.05. The summed E-state index contributed by atoms with van der Waals surface area (Å²) in [5.74, 6) is -2.68. The lowest BCUT2D eigenvalue weighted by Gasteiger charge is -2.55. The summed E-state index contributed by atoms with van der Waals surface area (Å²) in [6.07, 6.45) is 3.60. The van der Waals surface area contributed by atoms with Crippen LogP contribution < -0.4 is 10.6 Å². The molecule has 3 atom stereocenters. The number of hydrogen-bond donors (Lipinski definition) is 6. The Hall–Kier alpha value is -4.80. The molecule has 238 valence electrons. The average Bonchev–Trinajstić information content (AvgIpc) is 2.98. The third-order valence-corrected chi connectivity index (χ3v) is 9.93. The maximum atomic E-state index is 13.3. The van der Waals surface area contributed by atoms with Crippen LogP contribution in [0.4, 0.5) is 11.4 Å². The molecule has 0 spiro atoms. The molecule has 6 N–H and O–H groups in total. The van der Waals surface area contributed by atoms with E-state index in [2.05, 4.69) is 24.5 Å². The monoisotopic (exact) mass is 617 g/mol. The molecule has 3 aromatic carbocycles. The zero-order chi connectivity index (χ0) is 32.8. The van der Waals surface area contributed by atoms with E-state index in [0.717, 1.165) is 30.9 Å². The second-order valence-electron chi connectivity index (χ2n) is 13.2. The van der Waals surface area contributed by atoms with E-state index >= 15 is 0 Å². The Balaban J connectivity index is 1.53. The molecule has 5 rings (SSSR count). The molecule has 0 unspecified atom stereocenters. The van der Waals surface area contributed by atoms with Crippen molar-refractivity contribution in [2.24, 2.45) is 11.3 Å². The third kappa shape index (κ3) is 5.63. The molecule has 2 amide bonds. The third-order valence-electron chi connectivity index (χ3n) is 9.93. The molecule has 2 aliphatic rings. The van der Waals surface area contributed by atoms with Gasteiger partial charge in [0.2, 0.25) is 0 Å². The molecule has 11 heteroatoms. The molecule has 0 aliphatic heterocycles. The van der Waals surface area contributed by atoms with Crippen LogP contribution >= 0.6 is 0 Å². The molecule has 11 nitrogen and oxygen atoms in total. The predicted octanol–water partition coefficient (Wildman–Crippen LogP) is 6.23. The number of anilines is 1. The van der Waals surface area contributed by atoms with Gasteiger partial charge in [0.15, 0.2) is 23.0 Å². The first-order chi connectivity index (χ1) is 21.2. The van der Waals surface area contributed by atoms with E-state index in [4.69, 9.17) is 0 Å². The summed E-state index contributed by atoms with van der Waals surface area (Å²) in [5, 5.41) is 57.7. The maximum absolute atomic E-state index is 13.3. The van der Waals surface area contributed by atoms with E-state index in [-0.39, 0.29) is 62.1 Å². The van der Waals surface area contributed by atoms with Crippen molar-refractivity contribution in [1.82, 2.24) is 5.32 Å². The van der Waals surface area contributed by atoms with Crippen LogP contribution in [0.25, 0.3) is 0 Å². The number of carbonyl (C=O) groups excluding carboxylic acids is 2. The highest BCUT2D eigenvalue weighted by Gasteiger charge is 2.53. The molecule has 0 aromatic heterocycles. The molecule has 0 heterocycles. The van der Waals surface area contributed by atoms with Gasteiger partial charge in [0.05, 0.1) is 16.2 Å². The van der Waals surface area contributed by atoms with Gasteiger partial charge in [-0.05, 0) is 96.4 Å². The summed E-state index contributed by atoms with van der Waals surface area (Å²) in [6.45, 7) is 8.29. The van der Waals surface area contributed by atoms with Crippen molar-refractivity contribution in [1.29, 1.82) is 0 Å². The van der Waals surface area contributed by atoms with Crippen LogP contribution in [-0.2, 0) is 11.8 Å². The fraction of sp³-hybridized carbons (Fsp3) is 0.412. The second kappa shape index (κ2) is 11.6. The lowest BCUT2D eigenvalue weighted by atomic mass is 9.49. The van der Waals surface area contributed by atoms with Crippen LogP contribution in [0.3, 0.4) is 0 Å². The number of rotatable bonds is 7. The topological polar surface area (TPSA) is 182 Å². The summed E-state index contributed by atoms with van der Waals surface area (Å²) >= 11 is 0. The van der Waals surface area contributed by atoms with E-state index in [1.807, 2.05) is 19.9 Å². The van der Waals surface area contributed by atoms with Crippen LogP contribution in [0, 0.1) is 21.4 Å². The highest BCUT2D eigenvalue weighted by Crippen LogP contribution is 2.59. The number of benzene rings is 3. The van der Waals surface area contributed by atoms with Crippen molar-refractivity contribution in [3.63, 3.8) is 0 Å². The highest BCUT2D eigenvalue weighted by atomic mass is 16.6. The zero-order valence-electron chi connectivity index (χ0n) is 25.8. The number of phenols is 4. The molecule has 3 aromatic rings. The van der Waals surface area contributed by atoms with Crippen molar-refractivity contribution >= 4 is 23.2 Å². The Morgan fingerprint density at radius 3 is 2.09 bits per heavy atom. The lowest BCUT2D eigenvalue weighted by Crippen LogP contribution is -2.53. The molecule has 0 radical (unpaired) electrons. The number of aromatic hydroxyl groups is 4. The number of nitro benzene ring substituents is 1. The Morgan fingerprint density at radius 2 is 1.53 bits per heavy atom. The Labute approximate surface area is 261 Å². The summed E-state index contributed by atoms with van der Waals surface area (Å²) < 4.78 is 0. The van der Waals surface area contributed by atoms with E-state index in [9.17, 15) is 40.1 Å². The smallest absolute Gasteiger partial charge is 0.278 e. The minimum absolute atomic E-state index is 0.0127. The molecule has 45 heavy (non-hydrogen) atoms. The van der Waals surface area contributed by atoms with Crippen molar-refractivity contribution < 1.29 is 34.9 Å². The zero-order valence-corrected chi connectivity index (χ0v) is 25.8. The minimum Gasteiger partial charge on any atom is -0.504 e. The molecular weight excluding hydrogens is 578 g/mol. The predicted molar refractivity (Wildman–Crippen MR) is 168 cm³/mol. The van der Waals surface area contributed by atoms with Gasteiger partial charge in [0.1, 0.15) is 0 Å².